The van der Waals surface area contributed by atoms with Gasteiger partial charge in [0.05, 0.1) is 0 Å². The van der Waals surface area contributed by atoms with Crippen LogP contribution in [0.1, 0.15) is 25.0 Å². The van der Waals surface area contributed by atoms with E-state index in [1.165, 1.54) is 16.3 Å². The van der Waals surface area contributed by atoms with Crippen molar-refractivity contribution in [3.05, 3.63) is 54.4 Å². The number of hydrogen-bond acceptors (Lipinski definition) is 2. The molecule has 0 spiro atoms. The molecule has 1 nitrogen and oxygen atoms in total. The molecule has 0 heterocycles. The molecule has 0 amide bonds. The summed E-state index contributed by atoms with van der Waals surface area (Å²) in [5.41, 5.74) is 2.41. The minimum Gasteiger partial charge on any atom is -0.358 e. The molecule has 1 radical (unpaired) electrons. The van der Waals surface area contributed by atoms with E-state index in [0.717, 1.165) is 28.7 Å². The second-order valence-electron chi connectivity index (χ2n) is 4.66. The summed E-state index contributed by atoms with van der Waals surface area (Å²) in [6, 6.07) is 12.7. The third kappa shape index (κ3) is 3.33. The van der Waals surface area contributed by atoms with Gasteiger partial charge in [-0.1, -0.05) is 60.4 Å². The summed E-state index contributed by atoms with van der Waals surface area (Å²) in [5.74, 6) is 0.913. The zero-order valence-corrected chi connectivity index (χ0v) is 13.7. The first-order chi connectivity index (χ1) is 9.67. The lowest BCUT2D eigenvalue weighted by atomic mass is 10.0. The van der Waals surface area contributed by atoms with Gasteiger partial charge < -0.3 is 4.90 Å². The van der Waals surface area contributed by atoms with Gasteiger partial charge in [0.1, 0.15) is 4.32 Å². The molecule has 0 aliphatic heterocycles. The average molecular weight is 302 g/mol. The maximum absolute atomic E-state index is 5.50. The van der Waals surface area contributed by atoms with Crippen molar-refractivity contribution in [2.75, 3.05) is 13.1 Å². The van der Waals surface area contributed by atoms with E-state index < -0.39 is 0 Å². The van der Waals surface area contributed by atoms with Crippen LogP contribution >= 0.6 is 24.0 Å². The van der Waals surface area contributed by atoms with Crippen LogP contribution in [0.2, 0.25) is 0 Å². The van der Waals surface area contributed by atoms with Crippen molar-refractivity contribution in [2.45, 2.75) is 19.6 Å². The molecule has 0 aliphatic carbocycles. The molecule has 2 aromatic carbocycles. The maximum atomic E-state index is 5.50. The summed E-state index contributed by atoms with van der Waals surface area (Å²) < 4.78 is 0.984. The Morgan fingerprint density at radius 3 is 2.40 bits per heavy atom. The standard InChI is InChI=1S/C17H20NS2/c1-4-18(5-2)17(19)20-12-14-11-10-13(3)15-8-6-7-9-16(14)15/h6-11H,3-5,12H2,1-2H3. The molecule has 0 fully saturated rings. The predicted molar refractivity (Wildman–Crippen MR) is 95.2 cm³/mol. The van der Waals surface area contributed by atoms with Crippen LogP contribution in [0, 0.1) is 6.92 Å². The molecule has 105 valence electrons. The first-order valence-corrected chi connectivity index (χ1v) is 8.31. The molecule has 3 heteroatoms. The van der Waals surface area contributed by atoms with E-state index >= 15 is 0 Å². The van der Waals surface area contributed by atoms with Gasteiger partial charge >= 0.3 is 0 Å². The maximum Gasteiger partial charge on any atom is 0.136 e. The number of fused-ring (bicyclic) bond motifs is 1. The van der Waals surface area contributed by atoms with Gasteiger partial charge in [0.2, 0.25) is 0 Å². The van der Waals surface area contributed by atoms with Crippen LogP contribution in [0.4, 0.5) is 0 Å². The molecular weight excluding hydrogens is 282 g/mol. The van der Waals surface area contributed by atoms with Gasteiger partial charge in [0.25, 0.3) is 0 Å². The number of benzene rings is 2. The van der Waals surface area contributed by atoms with Crippen LogP contribution in [0.5, 0.6) is 0 Å². The van der Waals surface area contributed by atoms with Crippen molar-refractivity contribution in [3.8, 4) is 0 Å². The third-order valence-corrected chi connectivity index (χ3v) is 5.05. The fraction of sp³-hybridized carbons (Fsp3) is 0.294. The Morgan fingerprint density at radius 2 is 1.75 bits per heavy atom. The number of hydrogen-bond donors (Lipinski definition) is 0. The van der Waals surface area contributed by atoms with Gasteiger partial charge in [0, 0.05) is 18.8 Å². The molecule has 0 aromatic heterocycles. The van der Waals surface area contributed by atoms with Gasteiger partial charge in [-0.2, -0.15) is 0 Å². The predicted octanol–water partition coefficient (Wildman–Crippen LogP) is 4.88. The Bertz CT molecular complexity index is 603. The van der Waals surface area contributed by atoms with Crippen LogP contribution < -0.4 is 0 Å². The van der Waals surface area contributed by atoms with Crippen LogP contribution in [-0.2, 0) is 5.75 Å². The molecule has 0 aliphatic rings. The third-order valence-electron chi connectivity index (χ3n) is 3.48. The summed E-state index contributed by atoms with van der Waals surface area (Å²) in [5, 5.41) is 2.52. The fourth-order valence-corrected chi connectivity index (χ4v) is 3.67. The van der Waals surface area contributed by atoms with E-state index in [4.69, 9.17) is 12.2 Å². The minimum atomic E-state index is 0.913. The number of rotatable bonds is 4. The Hall–Kier alpha value is -1.06. The van der Waals surface area contributed by atoms with Gasteiger partial charge in [-0.05, 0) is 42.7 Å². The van der Waals surface area contributed by atoms with Crippen molar-refractivity contribution in [3.63, 3.8) is 0 Å². The van der Waals surface area contributed by atoms with Crippen molar-refractivity contribution in [2.24, 2.45) is 0 Å². The number of thiocarbonyl (C=S) groups is 1. The molecular formula is C17H20NS2. The SMILES string of the molecule is [CH2]c1ccc(CSC(=S)N(CC)CC)c2ccccc12. The molecule has 20 heavy (non-hydrogen) atoms. The highest BCUT2D eigenvalue weighted by Gasteiger charge is 2.08. The highest BCUT2D eigenvalue weighted by molar-refractivity contribution is 8.22. The van der Waals surface area contributed by atoms with Crippen molar-refractivity contribution < 1.29 is 0 Å². The van der Waals surface area contributed by atoms with Crippen LogP contribution in [0.25, 0.3) is 10.8 Å². The van der Waals surface area contributed by atoms with E-state index in [9.17, 15) is 0 Å². The van der Waals surface area contributed by atoms with Crippen LogP contribution in [0.3, 0.4) is 0 Å². The minimum absolute atomic E-state index is 0.913. The Labute approximate surface area is 131 Å². The smallest absolute Gasteiger partial charge is 0.136 e. The highest BCUT2D eigenvalue weighted by Crippen LogP contribution is 2.26. The summed E-state index contributed by atoms with van der Waals surface area (Å²) >= 11 is 7.24. The average Bonchev–Trinajstić information content (AvgIpc) is 2.48. The first kappa shape index (κ1) is 15.3. The van der Waals surface area contributed by atoms with E-state index in [0.29, 0.717) is 0 Å². The Kier molecular flexibility index (Phi) is 5.44. The largest absolute Gasteiger partial charge is 0.358 e. The van der Waals surface area contributed by atoms with E-state index in [1.54, 1.807) is 11.8 Å². The van der Waals surface area contributed by atoms with Gasteiger partial charge in [-0.3, -0.25) is 0 Å². The number of nitrogens with zero attached hydrogens (tertiary/aromatic N) is 1. The summed E-state index contributed by atoms with van der Waals surface area (Å²) in [4.78, 5) is 2.22. The van der Waals surface area contributed by atoms with E-state index in [1.807, 2.05) is 0 Å². The Morgan fingerprint density at radius 1 is 1.10 bits per heavy atom. The first-order valence-electron chi connectivity index (χ1n) is 6.91. The lowest BCUT2D eigenvalue weighted by molar-refractivity contribution is 0.482. The molecule has 2 rings (SSSR count). The second-order valence-corrected chi connectivity index (χ2v) is 6.27. The quantitative estimate of drug-likeness (QED) is 0.741. The van der Waals surface area contributed by atoms with Gasteiger partial charge in [-0.15, -0.1) is 0 Å². The summed E-state index contributed by atoms with van der Waals surface area (Å²) in [6.07, 6.45) is 0. The highest BCUT2D eigenvalue weighted by atomic mass is 32.2. The van der Waals surface area contributed by atoms with Crippen LogP contribution in [-0.4, -0.2) is 22.3 Å². The summed E-state index contributed by atoms with van der Waals surface area (Å²) in [6.45, 7) is 10.3. The van der Waals surface area contributed by atoms with Crippen molar-refractivity contribution in [1.82, 2.24) is 4.90 Å². The lowest BCUT2D eigenvalue weighted by Crippen LogP contribution is -2.26. The van der Waals surface area contributed by atoms with Gasteiger partial charge in [-0.25, -0.2) is 0 Å². The number of thioether (sulfide) groups is 1. The molecule has 2 aromatic rings. The zero-order chi connectivity index (χ0) is 14.5. The van der Waals surface area contributed by atoms with Crippen molar-refractivity contribution >= 4 is 39.1 Å². The monoisotopic (exact) mass is 302 g/mol. The fourth-order valence-electron chi connectivity index (χ4n) is 2.26. The molecule has 0 atom stereocenters. The van der Waals surface area contributed by atoms with E-state index in [2.05, 4.69) is 62.1 Å². The zero-order valence-electron chi connectivity index (χ0n) is 12.1. The summed E-state index contributed by atoms with van der Waals surface area (Å²) in [7, 11) is 0. The van der Waals surface area contributed by atoms with Gasteiger partial charge in [0.15, 0.2) is 0 Å². The van der Waals surface area contributed by atoms with Crippen LogP contribution in [0.15, 0.2) is 36.4 Å². The topological polar surface area (TPSA) is 3.24 Å². The van der Waals surface area contributed by atoms with Crippen molar-refractivity contribution in [1.29, 1.82) is 0 Å². The lowest BCUT2D eigenvalue weighted by Gasteiger charge is -2.21. The molecule has 0 N–H and O–H groups in total. The van der Waals surface area contributed by atoms with E-state index in [-0.39, 0.29) is 0 Å². The normalized spacial score (nSPS) is 10.8. The molecule has 0 saturated heterocycles. The second kappa shape index (κ2) is 7.09. The molecule has 0 unspecified atom stereocenters. The molecule has 0 saturated carbocycles. The molecule has 0 bridgehead atoms. The Balaban J connectivity index is 2.19.